The maximum atomic E-state index is 5.90. The van der Waals surface area contributed by atoms with Gasteiger partial charge in [0.2, 0.25) is 0 Å². The van der Waals surface area contributed by atoms with Gasteiger partial charge in [0, 0.05) is 18.0 Å². The van der Waals surface area contributed by atoms with Gasteiger partial charge in [-0.3, -0.25) is 4.98 Å². The molecule has 3 nitrogen and oxygen atoms in total. The molecule has 0 aliphatic carbocycles. The van der Waals surface area contributed by atoms with E-state index in [1.54, 1.807) is 12.4 Å². The predicted octanol–water partition coefficient (Wildman–Crippen LogP) is 3.44. The topological polar surface area (TPSA) is 48.1 Å². The highest BCUT2D eigenvalue weighted by molar-refractivity contribution is 5.88. The molecular weight excluding hydrogens is 248 g/mol. The van der Waals surface area contributed by atoms with Crippen LogP contribution in [0.1, 0.15) is 5.56 Å². The van der Waals surface area contributed by atoms with Crippen molar-refractivity contribution in [1.82, 2.24) is 4.98 Å². The van der Waals surface area contributed by atoms with E-state index in [-0.39, 0.29) is 0 Å². The van der Waals surface area contributed by atoms with Crippen LogP contribution in [-0.2, 0) is 6.42 Å². The van der Waals surface area contributed by atoms with E-state index in [0.29, 0.717) is 12.3 Å². The van der Waals surface area contributed by atoms with Crippen LogP contribution in [0.3, 0.4) is 0 Å². The molecule has 0 unspecified atom stereocenters. The number of rotatable bonds is 4. The number of benzene rings is 2. The number of hydrogen-bond acceptors (Lipinski definition) is 3. The average molecular weight is 264 g/mol. The van der Waals surface area contributed by atoms with E-state index < -0.39 is 0 Å². The van der Waals surface area contributed by atoms with E-state index in [9.17, 15) is 0 Å². The van der Waals surface area contributed by atoms with E-state index in [0.717, 1.165) is 23.1 Å². The van der Waals surface area contributed by atoms with Crippen LogP contribution in [0.5, 0.6) is 5.75 Å². The highest BCUT2D eigenvalue weighted by Gasteiger charge is 2.02. The lowest BCUT2D eigenvalue weighted by molar-refractivity contribution is 0.326. The summed E-state index contributed by atoms with van der Waals surface area (Å²) < 4.78 is 5.90. The normalized spacial score (nSPS) is 10.6. The van der Waals surface area contributed by atoms with Crippen molar-refractivity contribution in [1.29, 1.82) is 0 Å². The summed E-state index contributed by atoms with van der Waals surface area (Å²) in [6.07, 6.45) is 4.20. The van der Waals surface area contributed by atoms with Gasteiger partial charge in [-0.05, 0) is 23.1 Å². The fourth-order valence-corrected chi connectivity index (χ4v) is 2.26. The summed E-state index contributed by atoms with van der Waals surface area (Å²) >= 11 is 0. The van der Waals surface area contributed by atoms with Crippen molar-refractivity contribution < 1.29 is 4.74 Å². The van der Waals surface area contributed by atoms with Crippen molar-refractivity contribution in [3.05, 3.63) is 66.5 Å². The van der Waals surface area contributed by atoms with Gasteiger partial charge in [0.05, 0.1) is 18.5 Å². The van der Waals surface area contributed by atoms with Crippen LogP contribution in [0.15, 0.2) is 60.9 Å². The zero-order chi connectivity index (χ0) is 13.8. The average Bonchev–Trinajstić information content (AvgIpc) is 2.49. The summed E-state index contributed by atoms with van der Waals surface area (Å²) in [4.78, 5) is 3.99. The van der Waals surface area contributed by atoms with Crippen molar-refractivity contribution in [2.45, 2.75) is 6.42 Å². The first-order valence-corrected chi connectivity index (χ1v) is 6.63. The molecule has 1 aromatic heterocycles. The molecule has 0 aliphatic rings. The van der Waals surface area contributed by atoms with Gasteiger partial charge in [-0.25, -0.2) is 0 Å². The Morgan fingerprint density at radius 3 is 2.75 bits per heavy atom. The van der Waals surface area contributed by atoms with Crippen molar-refractivity contribution >= 4 is 16.5 Å². The number of ether oxygens (including phenoxy) is 1. The van der Waals surface area contributed by atoms with Gasteiger partial charge < -0.3 is 10.5 Å². The van der Waals surface area contributed by atoms with Gasteiger partial charge in [0.15, 0.2) is 0 Å². The van der Waals surface area contributed by atoms with Crippen LogP contribution >= 0.6 is 0 Å². The molecule has 0 atom stereocenters. The molecule has 0 aliphatic heterocycles. The Balaban J connectivity index is 1.73. The quantitative estimate of drug-likeness (QED) is 0.785. The van der Waals surface area contributed by atoms with Crippen LogP contribution in [0, 0.1) is 0 Å². The first-order chi connectivity index (χ1) is 9.84. The first-order valence-electron chi connectivity index (χ1n) is 6.63. The lowest BCUT2D eigenvalue weighted by Gasteiger charge is -2.10. The molecule has 3 heteroatoms. The second kappa shape index (κ2) is 5.61. The van der Waals surface area contributed by atoms with Gasteiger partial charge in [-0.15, -0.1) is 0 Å². The fourth-order valence-electron chi connectivity index (χ4n) is 2.26. The molecule has 3 aromatic rings. The fraction of sp³-hybridized carbons (Fsp3) is 0.118. The molecule has 0 spiro atoms. The largest absolute Gasteiger partial charge is 0.493 e. The summed E-state index contributed by atoms with van der Waals surface area (Å²) in [6.45, 7) is 0.599. The second-order valence-electron chi connectivity index (χ2n) is 4.65. The monoisotopic (exact) mass is 264 g/mol. The molecule has 3 rings (SSSR count). The Morgan fingerprint density at radius 2 is 1.85 bits per heavy atom. The Kier molecular flexibility index (Phi) is 3.50. The van der Waals surface area contributed by atoms with Gasteiger partial charge in [0.25, 0.3) is 0 Å². The summed E-state index contributed by atoms with van der Waals surface area (Å²) in [5, 5.41) is 2.33. The molecule has 0 amide bonds. The Morgan fingerprint density at radius 1 is 1.00 bits per heavy atom. The van der Waals surface area contributed by atoms with Crippen LogP contribution < -0.4 is 10.5 Å². The maximum Gasteiger partial charge on any atom is 0.127 e. The number of aromatic nitrogens is 1. The van der Waals surface area contributed by atoms with E-state index in [2.05, 4.69) is 23.2 Å². The summed E-state index contributed by atoms with van der Waals surface area (Å²) in [5.41, 5.74) is 7.66. The number of pyridine rings is 1. The SMILES string of the molecule is Nc1cnccc1CCOc1cccc2ccccc12. The van der Waals surface area contributed by atoms with Crippen LogP contribution in [0.4, 0.5) is 5.69 Å². The van der Waals surface area contributed by atoms with Crippen LogP contribution in [0.25, 0.3) is 10.8 Å². The number of anilines is 1. The molecule has 0 saturated heterocycles. The highest BCUT2D eigenvalue weighted by atomic mass is 16.5. The number of nitrogens with zero attached hydrogens (tertiary/aromatic N) is 1. The third-order valence-electron chi connectivity index (χ3n) is 3.32. The zero-order valence-electron chi connectivity index (χ0n) is 11.1. The molecule has 1 heterocycles. The number of fused-ring (bicyclic) bond motifs is 1. The maximum absolute atomic E-state index is 5.90. The Labute approximate surface area is 118 Å². The first kappa shape index (κ1) is 12.5. The van der Waals surface area contributed by atoms with E-state index in [1.807, 2.05) is 30.3 Å². The zero-order valence-corrected chi connectivity index (χ0v) is 11.1. The third kappa shape index (κ3) is 2.57. The Bertz CT molecular complexity index is 720. The van der Waals surface area contributed by atoms with E-state index >= 15 is 0 Å². The standard InChI is InChI=1S/C17H16N2O/c18-16-12-19-10-8-14(16)9-11-20-17-7-3-5-13-4-1-2-6-15(13)17/h1-8,10,12H,9,11,18H2. The van der Waals surface area contributed by atoms with E-state index in [1.165, 1.54) is 5.39 Å². The number of nitrogen functional groups attached to an aromatic ring is 1. The summed E-state index contributed by atoms with van der Waals surface area (Å²) in [7, 11) is 0. The summed E-state index contributed by atoms with van der Waals surface area (Å²) in [6, 6.07) is 16.2. The van der Waals surface area contributed by atoms with Crippen LogP contribution in [-0.4, -0.2) is 11.6 Å². The van der Waals surface area contributed by atoms with Crippen molar-refractivity contribution in [3.8, 4) is 5.75 Å². The predicted molar refractivity (Wildman–Crippen MR) is 81.8 cm³/mol. The minimum atomic E-state index is 0.599. The van der Waals surface area contributed by atoms with Gasteiger partial charge in [0.1, 0.15) is 5.75 Å². The van der Waals surface area contributed by atoms with Gasteiger partial charge >= 0.3 is 0 Å². The molecule has 2 N–H and O–H groups in total. The molecular formula is C17H16N2O. The smallest absolute Gasteiger partial charge is 0.127 e. The molecule has 0 saturated carbocycles. The molecule has 20 heavy (non-hydrogen) atoms. The minimum Gasteiger partial charge on any atom is -0.493 e. The molecule has 2 aromatic carbocycles. The second-order valence-corrected chi connectivity index (χ2v) is 4.65. The minimum absolute atomic E-state index is 0.599. The van der Waals surface area contributed by atoms with Crippen molar-refractivity contribution in [2.24, 2.45) is 0 Å². The number of hydrogen-bond donors (Lipinski definition) is 1. The van der Waals surface area contributed by atoms with Gasteiger partial charge in [-0.2, -0.15) is 0 Å². The van der Waals surface area contributed by atoms with Crippen LogP contribution in [0.2, 0.25) is 0 Å². The summed E-state index contributed by atoms with van der Waals surface area (Å²) in [5.74, 6) is 0.913. The van der Waals surface area contributed by atoms with E-state index in [4.69, 9.17) is 10.5 Å². The molecule has 0 radical (unpaired) electrons. The molecule has 0 bridgehead atoms. The lowest BCUT2D eigenvalue weighted by Crippen LogP contribution is -2.04. The third-order valence-corrected chi connectivity index (χ3v) is 3.32. The molecule has 0 fully saturated rings. The molecule has 100 valence electrons. The van der Waals surface area contributed by atoms with Crippen molar-refractivity contribution in [2.75, 3.05) is 12.3 Å². The highest BCUT2D eigenvalue weighted by Crippen LogP contribution is 2.25. The lowest BCUT2D eigenvalue weighted by atomic mass is 10.1. The number of nitrogens with two attached hydrogens (primary N) is 1. The van der Waals surface area contributed by atoms with Gasteiger partial charge in [-0.1, -0.05) is 36.4 Å². The Hall–Kier alpha value is -2.55. The van der Waals surface area contributed by atoms with Crippen molar-refractivity contribution in [3.63, 3.8) is 0 Å².